The number of methoxy groups -OCH3 is 3. The van der Waals surface area contributed by atoms with Crippen molar-refractivity contribution in [2.75, 3.05) is 33.7 Å². The van der Waals surface area contributed by atoms with Gasteiger partial charge in [0.1, 0.15) is 17.2 Å². The topological polar surface area (TPSA) is 77.1 Å². The Balaban J connectivity index is 1.80. The molecule has 7 nitrogen and oxygen atoms in total. The number of hydrogen-bond acceptors (Lipinski definition) is 5. The minimum Gasteiger partial charge on any atom is -0.497 e. The standard InChI is InChI=1S/C26H25ClN2O5/c1-29-24(15-9-11-16(32-2)12-10-15)23(17-7-5-6-8-18(17)26(29)31)25(30)28-20-13-19(27)21(33-3)14-22(20)34-4/h5-14,23-24H,1-4H3,(H,28,30)/t23-,24-/m1/s1. The van der Waals surface area contributed by atoms with Crippen LogP contribution < -0.4 is 19.5 Å². The van der Waals surface area contributed by atoms with Gasteiger partial charge in [-0.3, -0.25) is 9.59 Å². The monoisotopic (exact) mass is 480 g/mol. The van der Waals surface area contributed by atoms with E-state index in [1.165, 1.54) is 14.2 Å². The number of carbonyl (C=O) groups is 2. The van der Waals surface area contributed by atoms with Crippen molar-refractivity contribution < 1.29 is 23.8 Å². The number of fused-ring (bicyclic) bond motifs is 1. The number of nitrogens with zero attached hydrogens (tertiary/aromatic N) is 1. The second kappa shape index (κ2) is 9.65. The number of nitrogens with one attached hydrogen (secondary N) is 1. The number of ether oxygens (including phenoxy) is 3. The van der Waals surface area contributed by atoms with Crippen molar-refractivity contribution in [1.29, 1.82) is 0 Å². The largest absolute Gasteiger partial charge is 0.497 e. The Morgan fingerprint density at radius 2 is 1.62 bits per heavy atom. The van der Waals surface area contributed by atoms with Gasteiger partial charge in [-0.25, -0.2) is 0 Å². The highest BCUT2D eigenvalue weighted by Gasteiger charge is 2.42. The molecule has 1 aliphatic rings. The number of benzene rings is 3. The summed E-state index contributed by atoms with van der Waals surface area (Å²) in [5, 5.41) is 3.29. The Kier molecular flexibility index (Phi) is 6.65. The maximum atomic E-state index is 13.8. The molecule has 1 aliphatic heterocycles. The first-order valence-corrected chi connectivity index (χ1v) is 11.0. The molecular formula is C26H25ClN2O5. The first-order valence-electron chi connectivity index (χ1n) is 10.6. The van der Waals surface area contributed by atoms with E-state index in [1.807, 2.05) is 36.4 Å². The van der Waals surface area contributed by atoms with Crippen molar-refractivity contribution in [3.8, 4) is 17.2 Å². The van der Waals surface area contributed by atoms with E-state index in [4.69, 9.17) is 25.8 Å². The van der Waals surface area contributed by atoms with Gasteiger partial charge in [0.25, 0.3) is 5.91 Å². The third-order valence-corrected chi connectivity index (χ3v) is 6.35. The third-order valence-electron chi connectivity index (χ3n) is 6.05. The van der Waals surface area contributed by atoms with Crippen molar-refractivity contribution >= 4 is 29.1 Å². The van der Waals surface area contributed by atoms with Crippen LogP contribution in [0.5, 0.6) is 17.2 Å². The van der Waals surface area contributed by atoms with E-state index < -0.39 is 12.0 Å². The van der Waals surface area contributed by atoms with Gasteiger partial charge >= 0.3 is 0 Å². The molecule has 0 spiro atoms. The number of rotatable bonds is 6. The number of anilines is 1. The van der Waals surface area contributed by atoms with Gasteiger partial charge in [-0.15, -0.1) is 0 Å². The van der Waals surface area contributed by atoms with Crippen LogP contribution in [0, 0.1) is 0 Å². The average Bonchev–Trinajstić information content (AvgIpc) is 2.86. The molecule has 176 valence electrons. The molecule has 0 fully saturated rings. The first-order chi connectivity index (χ1) is 16.4. The molecule has 1 heterocycles. The minimum atomic E-state index is -0.683. The highest BCUT2D eigenvalue weighted by Crippen LogP contribution is 2.44. The lowest BCUT2D eigenvalue weighted by Gasteiger charge is -2.39. The van der Waals surface area contributed by atoms with Crippen LogP contribution in [0.4, 0.5) is 5.69 Å². The fraction of sp³-hybridized carbons (Fsp3) is 0.231. The smallest absolute Gasteiger partial charge is 0.254 e. The summed E-state index contributed by atoms with van der Waals surface area (Å²) >= 11 is 6.31. The molecule has 3 aromatic carbocycles. The summed E-state index contributed by atoms with van der Waals surface area (Å²) in [7, 11) is 6.30. The molecule has 34 heavy (non-hydrogen) atoms. The van der Waals surface area contributed by atoms with Gasteiger partial charge < -0.3 is 24.4 Å². The van der Waals surface area contributed by atoms with Crippen molar-refractivity contribution in [1.82, 2.24) is 4.90 Å². The maximum Gasteiger partial charge on any atom is 0.254 e. The van der Waals surface area contributed by atoms with E-state index in [1.54, 1.807) is 43.3 Å². The fourth-order valence-corrected chi connectivity index (χ4v) is 4.58. The molecule has 2 atom stereocenters. The SMILES string of the molecule is COc1ccc([C@@H]2[C@H](C(=O)Nc3cc(Cl)c(OC)cc3OC)c3ccccc3C(=O)N2C)cc1. The third kappa shape index (κ3) is 4.15. The summed E-state index contributed by atoms with van der Waals surface area (Å²) in [6.07, 6.45) is 0. The van der Waals surface area contributed by atoms with Crippen molar-refractivity contribution in [2.24, 2.45) is 0 Å². The van der Waals surface area contributed by atoms with Crippen LogP contribution in [0.25, 0.3) is 0 Å². The number of halogens is 1. The van der Waals surface area contributed by atoms with Crippen LogP contribution >= 0.6 is 11.6 Å². The summed E-state index contributed by atoms with van der Waals surface area (Å²) < 4.78 is 16.0. The van der Waals surface area contributed by atoms with Gasteiger partial charge in [-0.05, 0) is 35.4 Å². The van der Waals surface area contributed by atoms with E-state index in [9.17, 15) is 9.59 Å². The summed E-state index contributed by atoms with van der Waals surface area (Å²) in [5.41, 5.74) is 2.37. The van der Waals surface area contributed by atoms with Gasteiger partial charge in [0.2, 0.25) is 5.91 Å². The normalized spacial score (nSPS) is 17.1. The van der Waals surface area contributed by atoms with Crippen LogP contribution in [0.15, 0.2) is 60.7 Å². The lowest BCUT2D eigenvalue weighted by atomic mass is 9.79. The maximum absolute atomic E-state index is 13.8. The van der Waals surface area contributed by atoms with Gasteiger partial charge in [0.15, 0.2) is 0 Å². The van der Waals surface area contributed by atoms with Crippen LogP contribution in [-0.2, 0) is 4.79 Å². The van der Waals surface area contributed by atoms with Crippen LogP contribution in [0.2, 0.25) is 5.02 Å². The Morgan fingerprint density at radius 3 is 2.26 bits per heavy atom. The number of likely N-dealkylation sites (N-methyl/N-ethyl adjacent to an activating group) is 1. The highest BCUT2D eigenvalue weighted by atomic mass is 35.5. The zero-order valence-corrected chi connectivity index (χ0v) is 20.1. The van der Waals surface area contributed by atoms with E-state index in [0.29, 0.717) is 39.1 Å². The predicted octanol–water partition coefficient (Wildman–Crippen LogP) is 4.92. The van der Waals surface area contributed by atoms with E-state index in [0.717, 1.165) is 5.56 Å². The van der Waals surface area contributed by atoms with Crippen molar-refractivity contribution in [3.05, 3.63) is 82.4 Å². The average molecular weight is 481 g/mol. The summed E-state index contributed by atoms with van der Waals surface area (Å²) in [6.45, 7) is 0. The number of carbonyl (C=O) groups excluding carboxylic acids is 2. The van der Waals surface area contributed by atoms with Gasteiger partial charge in [-0.2, -0.15) is 0 Å². The second-order valence-corrected chi connectivity index (χ2v) is 8.28. The molecule has 0 bridgehead atoms. The zero-order chi connectivity index (χ0) is 24.4. The Labute approximate surface area is 203 Å². The van der Waals surface area contributed by atoms with E-state index >= 15 is 0 Å². The van der Waals surface area contributed by atoms with Crippen molar-refractivity contribution in [2.45, 2.75) is 12.0 Å². The van der Waals surface area contributed by atoms with Crippen LogP contribution in [-0.4, -0.2) is 45.1 Å². The molecule has 0 unspecified atom stereocenters. The molecule has 8 heteroatoms. The number of amides is 2. The molecular weight excluding hydrogens is 456 g/mol. The molecule has 0 aromatic heterocycles. The predicted molar refractivity (Wildman–Crippen MR) is 130 cm³/mol. The molecule has 0 aliphatic carbocycles. The lowest BCUT2D eigenvalue weighted by Crippen LogP contribution is -2.44. The zero-order valence-electron chi connectivity index (χ0n) is 19.3. The van der Waals surface area contributed by atoms with Gasteiger partial charge in [0.05, 0.1) is 44.0 Å². The van der Waals surface area contributed by atoms with Crippen LogP contribution in [0.3, 0.4) is 0 Å². The Morgan fingerprint density at radius 1 is 0.941 bits per heavy atom. The molecule has 0 radical (unpaired) electrons. The molecule has 3 aromatic rings. The molecule has 2 amide bonds. The van der Waals surface area contributed by atoms with E-state index in [2.05, 4.69) is 5.32 Å². The molecule has 1 N–H and O–H groups in total. The lowest BCUT2D eigenvalue weighted by molar-refractivity contribution is -0.119. The molecule has 0 saturated carbocycles. The quantitative estimate of drug-likeness (QED) is 0.542. The molecule has 4 rings (SSSR count). The summed E-state index contributed by atoms with van der Waals surface area (Å²) in [6, 6.07) is 17.2. The van der Waals surface area contributed by atoms with Gasteiger partial charge in [-0.1, -0.05) is 41.9 Å². The highest BCUT2D eigenvalue weighted by molar-refractivity contribution is 6.32. The molecule has 0 saturated heterocycles. The minimum absolute atomic E-state index is 0.148. The van der Waals surface area contributed by atoms with E-state index in [-0.39, 0.29) is 11.8 Å². The van der Waals surface area contributed by atoms with Crippen molar-refractivity contribution in [3.63, 3.8) is 0 Å². The van der Waals surface area contributed by atoms with Crippen LogP contribution in [0.1, 0.15) is 33.4 Å². The summed E-state index contributed by atoms with van der Waals surface area (Å²) in [5.74, 6) is 0.396. The summed E-state index contributed by atoms with van der Waals surface area (Å²) in [4.78, 5) is 28.6. The Bertz CT molecular complexity index is 1230. The number of hydrogen-bond donors (Lipinski definition) is 1. The first kappa shape index (κ1) is 23.4. The fourth-order valence-electron chi connectivity index (χ4n) is 4.34. The van der Waals surface area contributed by atoms with Gasteiger partial charge in [0, 0.05) is 18.7 Å². The Hall–Kier alpha value is -3.71. The second-order valence-electron chi connectivity index (χ2n) is 7.88.